The Bertz CT molecular complexity index is 659. The molecule has 7 nitrogen and oxygen atoms in total. The number of hydrogen-bond donors (Lipinski definition) is 1. The normalized spacial score (nSPS) is 44.7. The van der Waals surface area contributed by atoms with Crippen molar-refractivity contribution < 1.29 is 28.9 Å². The molecule has 1 aromatic carbocycles. The Balaban J connectivity index is 1.63. The van der Waals surface area contributed by atoms with Crippen LogP contribution < -0.4 is 0 Å². The smallest absolute Gasteiger partial charge is 0.220 e. The van der Waals surface area contributed by atoms with Crippen LogP contribution in [-0.2, 0) is 30.3 Å². The van der Waals surface area contributed by atoms with Gasteiger partial charge in [-0.25, -0.2) is 0 Å². The van der Waals surface area contributed by atoms with Gasteiger partial charge in [0, 0.05) is 27.2 Å². The van der Waals surface area contributed by atoms with Crippen molar-refractivity contribution in [1.29, 1.82) is 0 Å². The largest absolute Gasteiger partial charge is 0.390 e. The van der Waals surface area contributed by atoms with Gasteiger partial charge in [-0.2, -0.15) is 5.06 Å². The average molecular weight is 379 g/mol. The highest BCUT2D eigenvalue weighted by molar-refractivity contribution is 5.15. The third-order valence-electron chi connectivity index (χ3n) is 6.25. The molecule has 2 aliphatic heterocycles. The summed E-state index contributed by atoms with van der Waals surface area (Å²) in [6, 6.07) is 10.1. The van der Waals surface area contributed by atoms with Crippen LogP contribution in [0.15, 0.2) is 30.3 Å². The number of fused-ring (bicyclic) bond motifs is 4. The van der Waals surface area contributed by atoms with E-state index in [4.69, 9.17) is 23.8 Å². The summed E-state index contributed by atoms with van der Waals surface area (Å²) in [6.07, 6.45) is -0.401. The van der Waals surface area contributed by atoms with Crippen LogP contribution in [0.25, 0.3) is 0 Å². The first-order chi connectivity index (χ1) is 12.9. The first kappa shape index (κ1) is 19.3. The zero-order valence-electron chi connectivity index (χ0n) is 16.3. The fraction of sp³-hybridized carbons (Fsp3) is 0.700. The second-order valence-electron chi connectivity index (χ2n) is 7.86. The molecule has 7 atom stereocenters. The molecule has 1 aromatic rings. The van der Waals surface area contributed by atoms with E-state index < -0.39 is 29.9 Å². The van der Waals surface area contributed by atoms with E-state index in [1.54, 1.807) is 28.1 Å². The summed E-state index contributed by atoms with van der Waals surface area (Å²) in [5.74, 6) is -2.23. The maximum atomic E-state index is 10.8. The lowest BCUT2D eigenvalue weighted by Crippen LogP contribution is -2.69. The average Bonchev–Trinajstić information content (AvgIpc) is 3.00. The zero-order chi connectivity index (χ0) is 19.2. The van der Waals surface area contributed by atoms with Gasteiger partial charge in [-0.05, 0) is 25.8 Å². The van der Waals surface area contributed by atoms with E-state index in [2.05, 4.69) is 12.1 Å². The molecule has 0 spiro atoms. The predicted molar refractivity (Wildman–Crippen MR) is 96.5 cm³/mol. The van der Waals surface area contributed by atoms with Gasteiger partial charge in [0.1, 0.15) is 12.2 Å². The second kappa shape index (κ2) is 7.08. The molecule has 1 saturated carbocycles. The molecule has 27 heavy (non-hydrogen) atoms. The molecular formula is C20H29NO6. The van der Waals surface area contributed by atoms with Crippen LogP contribution >= 0.6 is 0 Å². The number of rotatable bonds is 4. The van der Waals surface area contributed by atoms with Gasteiger partial charge in [0.05, 0.1) is 18.2 Å². The van der Waals surface area contributed by atoms with E-state index in [0.29, 0.717) is 13.0 Å². The Morgan fingerprint density at radius 3 is 2.30 bits per heavy atom. The van der Waals surface area contributed by atoms with Crippen LogP contribution in [0.2, 0.25) is 0 Å². The summed E-state index contributed by atoms with van der Waals surface area (Å²) < 4.78 is 24.0. The van der Waals surface area contributed by atoms with Crippen LogP contribution in [0.5, 0.6) is 0 Å². The van der Waals surface area contributed by atoms with E-state index in [1.807, 2.05) is 23.3 Å². The van der Waals surface area contributed by atoms with Crippen LogP contribution in [0.4, 0.5) is 0 Å². The van der Waals surface area contributed by atoms with Gasteiger partial charge in [-0.15, -0.1) is 0 Å². The van der Waals surface area contributed by atoms with E-state index in [1.165, 1.54) is 0 Å². The first-order valence-corrected chi connectivity index (χ1v) is 9.50. The summed E-state index contributed by atoms with van der Waals surface area (Å²) in [5, 5.41) is 12.7. The van der Waals surface area contributed by atoms with Crippen molar-refractivity contribution >= 4 is 0 Å². The predicted octanol–water partition coefficient (Wildman–Crippen LogP) is 1.83. The molecular weight excluding hydrogens is 350 g/mol. The lowest BCUT2D eigenvalue weighted by Gasteiger charge is -2.54. The highest BCUT2D eigenvalue weighted by Crippen LogP contribution is 2.46. The molecule has 2 bridgehead atoms. The molecule has 7 heteroatoms. The van der Waals surface area contributed by atoms with Crippen molar-refractivity contribution in [2.75, 3.05) is 14.2 Å². The van der Waals surface area contributed by atoms with Crippen LogP contribution in [0, 0.1) is 0 Å². The molecule has 0 radical (unpaired) electrons. The van der Waals surface area contributed by atoms with Gasteiger partial charge in [-0.3, -0.25) is 4.84 Å². The standard InChI is InChI=1S/C20H29NO6/c1-19(23-3)20(2,24-4)26-18-16(22)11-14-10-15(17(18)25-19)21(27-14)12-13-8-6-5-7-9-13/h5-9,14-18,22H,10-12H2,1-4H3/t14-,15+,16-,17-,18-,19+,20+/m0/s1. The monoisotopic (exact) mass is 379 g/mol. The molecule has 150 valence electrons. The number of methoxy groups -OCH3 is 2. The highest BCUT2D eigenvalue weighted by atomic mass is 16.8. The van der Waals surface area contributed by atoms with Crippen LogP contribution in [0.3, 0.4) is 0 Å². The molecule has 0 amide bonds. The number of nitrogens with zero attached hydrogens (tertiary/aromatic N) is 1. The number of aliphatic hydroxyl groups excluding tert-OH is 1. The van der Waals surface area contributed by atoms with Crippen molar-refractivity contribution in [3.05, 3.63) is 35.9 Å². The Hall–Kier alpha value is -1.06. The SMILES string of the molecule is CO[C@]1(C)O[C@@H]2[C@@H](O[C@@]1(C)OC)[C@@H](O)C[C@@H]1C[C@H]2N(Cc2ccccc2)O1. The number of ether oxygens (including phenoxy) is 4. The number of benzene rings is 1. The lowest BCUT2D eigenvalue weighted by atomic mass is 9.96. The Kier molecular flexibility index (Phi) is 5.05. The molecule has 3 aliphatic rings. The van der Waals surface area contributed by atoms with Gasteiger partial charge in [0.15, 0.2) is 0 Å². The fourth-order valence-corrected chi connectivity index (χ4v) is 4.39. The first-order valence-electron chi connectivity index (χ1n) is 9.50. The topological polar surface area (TPSA) is 69.6 Å². The van der Waals surface area contributed by atoms with E-state index in [-0.39, 0.29) is 12.1 Å². The fourth-order valence-electron chi connectivity index (χ4n) is 4.39. The van der Waals surface area contributed by atoms with Gasteiger partial charge in [-0.1, -0.05) is 30.3 Å². The Labute approximate surface area is 160 Å². The molecule has 0 unspecified atom stereocenters. The summed E-state index contributed by atoms with van der Waals surface area (Å²) in [6.45, 7) is 4.23. The van der Waals surface area contributed by atoms with Crippen molar-refractivity contribution in [3.63, 3.8) is 0 Å². The maximum Gasteiger partial charge on any atom is 0.220 e. The summed E-state index contributed by atoms with van der Waals surface area (Å²) >= 11 is 0. The number of aliphatic hydroxyl groups is 1. The van der Waals surface area contributed by atoms with Gasteiger partial charge in [0.2, 0.25) is 11.6 Å². The summed E-state index contributed by atoms with van der Waals surface area (Å²) in [4.78, 5) is 6.13. The second-order valence-corrected chi connectivity index (χ2v) is 7.86. The third-order valence-corrected chi connectivity index (χ3v) is 6.25. The molecule has 1 N–H and O–H groups in total. The van der Waals surface area contributed by atoms with E-state index in [0.717, 1.165) is 12.0 Å². The van der Waals surface area contributed by atoms with Crippen molar-refractivity contribution in [2.24, 2.45) is 0 Å². The minimum Gasteiger partial charge on any atom is -0.390 e. The quantitative estimate of drug-likeness (QED) is 0.856. The summed E-state index contributed by atoms with van der Waals surface area (Å²) in [5.41, 5.74) is 1.16. The molecule has 1 aliphatic carbocycles. The number of hydrogen-bond acceptors (Lipinski definition) is 7. The molecule has 2 saturated heterocycles. The molecule has 0 aromatic heterocycles. The highest BCUT2D eigenvalue weighted by Gasteiger charge is 2.62. The van der Waals surface area contributed by atoms with Crippen molar-refractivity contribution in [1.82, 2.24) is 5.06 Å². The minimum absolute atomic E-state index is 0.0479. The zero-order valence-corrected chi connectivity index (χ0v) is 16.3. The third kappa shape index (κ3) is 3.21. The maximum absolute atomic E-state index is 10.8. The van der Waals surface area contributed by atoms with Gasteiger partial charge < -0.3 is 24.1 Å². The summed E-state index contributed by atoms with van der Waals surface area (Å²) in [7, 11) is 3.13. The van der Waals surface area contributed by atoms with E-state index in [9.17, 15) is 5.11 Å². The van der Waals surface area contributed by atoms with Crippen molar-refractivity contribution in [3.8, 4) is 0 Å². The molecule has 3 fully saturated rings. The molecule has 2 heterocycles. The number of hydroxylamine groups is 2. The minimum atomic E-state index is -1.13. The Morgan fingerprint density at radius 2 is 1.67 bits per heavy atom. The van der Waals surface area contributed by atoms with Crippen LogP contribution in [0.1, 0.15) is 32.3 Å². The molecule has 4 rings (SSSR count). The Morgan fingerprint density at radius 1 is 1.04 bits per heavy atom. The lowest BCUT2D eigenvalue weighted by molar-refractivity contribution is -0.461. The van der Waals surface area contributed by atoms with Gasteiger partial charge >= 0.3 is 0 Å². The van der Waals surface area contributed by atoms with Gasteiger partial charge in [0.25, 0.3) is 0 Å². The van der Waals surface area contributed by atoms with Crippen molar-refractivity contribution in [2.45, 2.75) is 75.3 Å². The van der Waals surface area contributed by atoms with Crippen LogP contribution in [-0.4, -0.2) is 66.4 Å². The van der Waals surface area contributed by atoms with E-state index >= 15 is 0 Å².